The van der Waals surface area contributed by atoms with Crippen LogP contribution < -0.4 is 0 Å². The molecular weight excluding hydrogens is 453 g/mol. The molecular formula is C23H52O4Si4. The molecule has 4 atom stereocenters. The Labute approximate surface area is 198 Å². The molecule has 31 heavy (non-hydrogen) atoms. The minimum absolute atomic E-state index is 0.650. The van der Waals surface area contributed by atoms with Crippen LogP contribution in [0.3, 0.4) is 0 Å². The molecule has 4 nitrogen and oxygen atoms in total. The van der Waals surface area contributed by atoms with Gasteiger partial charge in [-0.15, -0.1) is 0 Å². The molecule has 2 fully saturated rings. The maximum absolute atomic E-state index is 7.58. The van der Waals surface area contributed by atoms with Gasteiger partial charge >= 0.3 is 34.2 Å². The molecule has 4 unspecified atom stereocenters. The van der Waals surface area contributed by atoms with E-state index in [-0.39, 0.29) is 0 Å². The Balaban J connectivity index is 2.63. The van der Waals surface area contributed by atoms with E-state index in [1.165, 1.54) is 12.8 Å². The van der Waals surface area contributed by atoms with Crippen LogP contribution in [0.1, 0.15) is 93.9 Å². The molecule has 0 radical (unpaired) electrons. The van der Waals surface area contributed by atoms with Crippen LogP contribution in [0.4, 0.5) is 0 Å². The van der Waals surface area contributed by atoms with Crippen LogP contribution in [0.15, 0.2) is 0 Å². The minimum Gasteiger partial charge on any atom is -0.415 e. The monoisotopic (exact) mass is 504 g/mol. The summed E-state index contributed by atoms with van der Waals surface area (Å²) in [4.78, 5) is 0. The molecule has 0 aromatic heterocycles. The highest BCUT2D eigenvalue weighted by atomic mass is 28.5. The summed E-state index contributed by atoms with van der Waals surface area (Å²) < 4.78 is 30.0. The molecule has 1 heterocycles. The number of rotatable bonds is 13. The second-order valence-corrected chi connectivity index (χ2v) is 25.2. The van der Waals surface area contributed by atoms with Gasteiger partial charge in [0.25, 0.3) is 0 Å². The van der Waals surface area contributed by atoms with E-state index in [4.69, 9.17) is 16.5 Å². The van der Waals surface area contributed by atoms with Gasteiger partial charge in [-0.05, 0) is 54.6 Å². The molecule has 0 N–H and O–H groups in total. The quantitative estimate of drug-likeness (QED) is 0.236. The predicted molar refractivity (Wildman–Crippen MR) is 141 cm³/mol. The van der Waals surface area contributed by atoms with E-state index >= 15 is 0 Å². The Bertz CT molecular complexity index is 526. The standard InChI is InChI=1S/C23H52O4Si4/c1-9-17-28(14-6)24-29(15-7,18-10-2)26-31(20-12-4,23-21-22(23)13-5)27-30(16-8,25-28)19-11-3/h22-23H,9-21H2,1-8H3. The van der Waals surface area contributed by atoms with Crippen molar-refractivity contribution in [2.45, 2.75) is 142 Å². The van der Waals surface area contributed by atoms with Gasteiger partial charge in [0.2, 0.25) is 0 Å². The summed E-state index contributed by atoms with van der Waals surface area (Å²) in [5.41, 5.74) is 0.650. The van der Waals surface area contributed by atoms with Crippen LogP contribution in [0, 0.1) is 5.92 Å². The van der Waals surface area contributed by atoms with Crippen molar-refractivity contribution in [1.29, 1.82) is 0 Å². The fourth-order valence-corrected chi connectivity index (χ4v) is 32.4. The zero-order valence-corrected chi connectivity index (χ0v) is 26.0. The topological polar surface area (TPSA) is 36.9 Å². The molecule has 0 aromatic rings. The van der Waals surface area contributed by atoms with Crippen molar-refractivity contribution in [3.05, 3.63) is 0 Å². The summed E-state index contributed by atoms with van der Waals surface area (Å²) in [6.45, 7) is 18.5. The normalized spacial score (nSPS) is 41.0. The van der Waals surface area contributed by atoms with E-state index in [1.807, 2.05) is 0 Å². The van der Waals surface area contributed by atoms with Crippen molar-refractivity contribution in [3.8, 4) is 0 Å². The van der Waals surface area contributed by atoms with Crippen LogP contribution in [0.25, 0.3) is 0 Å². The molecule has 0 aromatic carbocycles. The molecule has 8 heteroatoms. The maximum Gasteiger partial charge on any atom is 0.324 e. The third kappa shape index (κ3) is 6.24. The highest BCUT2D eigenvalue weighted by Gasteiger charge is 2.66. The lowest BCUT2D eigenvalue weighted by Crippen LogP contribution is -2.70. The molecule has 1 aliphatic carbocycles. The van der Waals surface area contributed by atoms with Gasteiger partial charge in [0.15, 0.2) is 0 Å². The van der Waals surface area contributed by atoms with Crippen LogP contribution in [-0.2, 0) is 16.5 Å². The lowest BCUT2D eigenvalue weighted by atomic mass is 10.3. The third-order valence-corrected chi connectivity index (χ3v) is 29.3. The Kier molecular flexibility index (Phi) is 10.7. The van der Waals surface area contributed by atoms with Crippen LogP contribution in [0.5, 0.6) is 0 Å². The van der Waals surface area contributed by atoms with E-state index in [9.17, 15) is 0 Å². The average molecular weight is 505 g/mol. The van der Waals surface area contributed by atoms with Gasteiger partial charge in [-0.1, -0.05) is 87.5 Å². The van der Waals surface area contributed by atoms with Gasteiger partial charge in [0.05, 0.1) is 0 Å². The molecule has 1 aliphatic heterocycles. The van der Waals surface area contributed by atoms with Gasteiger partial charge in [-0.2, -0.15) is 0 Å². The molecule has 2 rings (SSSR count). The SMILES string of the molecule is CCC[Si]1(CC)O[Si](CC)(CCC)O[Si](CCC)(C2CC2CC)O[Si](CC)(CCC)O1. The predicted octanol–water partition coefficient (Wildman–Crippen LogP) is 8.34. The molecule has 184 valence electrons. The van der Waals surface area contributed by atoms with E-state index in [2.05, 4.69) is 55.4 Å². The lowest BCUT2D eigenvalue weighted by molar-refractivity contribution is 0.206. The van der Waals surface area contributed by atoms with E-state index in [0.29, 0.717) is 5.54 Å². The van der Waals surface area contributed by atoms with Crippen molar-refractivity contribution in [3.63, 3.8) is 0 Å². The Hall–Kier alpha value is 0.708. The summed E-state index contributed by atoms with van der Waals surface area (Å²) in [7, 11) is -9.51. The highest BCUT2D eigenvalue weighted by Crippen LogP contribution is 2.59. The smallest absolute Gasteiger partial charge is 0.324 e. The maximum atomic E-state index is 7.58. The van der Waals surface area contributed by atoms with Crippen LogP contribution in [0.2, 0.25) is 47.8 Å². The molecule has 1 saturated heterocycles. The average Bonchev–Trinajstić information content (AvgIpc) is 3.54. The van der Waals surface area contributed by atoms with Crippen molar-refractivity contribution < 1.29 is 16.5 Å². The zero-order chi connectivity index (χ0) is 23.2. The minimum atomic E-state index is -2.41. The summed E-state index contributed by atoms with van der Waals surface area (Å²) in [5.74, 6) is 0.789. The second-order valence-electron chi connectivity index (χ2n) is 10.0. The van der Waals surface area contributed by atoms with Gasteiger partial charge in [-0.25, -0.2) is 0 Å². The fraction of sp³-hybridized carbons (Fsp3) is 1.00. The van der Waals surface area contributed by atoms with Gasteiger partial charge < -0.3 is 16.5 Å². The summed E-state index contributed by atoms with van der Waals surface area (Å²) in [5, 5.41) is 0. The lowest BCUT2D eigenvalue weighted by Gasteiger charge is -2.54. The van der Waals surface area contributed by atoms with Crippen molar-refractivity contribution in [2.75, 3.05) is 0 Å². The van der Waals surface area contributed by atoms with Crippen molar-refractivity contribution in [1.82, 2.24) is 0 Å². The van der Waals surface area contributed by atoms with Gasteiger partial charge in [-0.3, -0.25) is 0 Å². The summed E-state index contributed by atoms with van der Waals surface area (Å²) in [6.07, 6.45) is 7.08. The molecule has 0 bridgehead atoms. The highest BCUT2D eigenvalue weighted by molar-refractivity contribution is 6.95. The van der Waals surface area contributed by atoms with Gasteiger partial charge in [0, 0.05) is 5.54 Å². The molecule has 0 amide bonds. The summed E-state index contributed by atoms with van der Waals surface area (Å²) >= 11 is 0. The van der Waals surface area contributed by atoms with E-state index < -0.39 is 34.2 Å². The molecule has 2 aliphatic rings. The third-order valence-electron chi connectivity index (χ3n) is 7.58. The van der Waals surface area contributed by atoms with Crippen molar-refractivity contribution in [2.24, 2.45) is 5.92 Å². The first kappa shape index (κ1) is 27.9. The number of hydrogen-bond donors (Lipinski definition) is 0. The second kappa shape index (κ2) is 11.9. The van der Waals surface area contributed by atoms with E-state index in [1.54, 1.807) is 0 Å². The van der Waals surface area contributed by atoms with E-state index in [0.717, 1.165) is 73.9 Å². The van der Waals surface area contributed by atoms with Gasteiger partial charge in [0.1, 0.15) is 0 Å². The molecule has 0 spiro atoms. The van der Waals surface area contributed by atoms with Crippen molar-refractivity contribution >= 4 is 34.2 Å². The first-order chi connectivity index (χ1) is 14.8. The Morgan fingerprint density at radius 1 is 0.548 bits per heavy atom. The van der Waals surface area contributed by atoms with Crippen LogP contribution in [-0.4, -0.2) is 34.2 Å². The summed E-state index contributed by atoms with van der Waals surface area (Å²) in [6, 6.07) is 7.46. The molecule has 1 saturated carbocycles. The first-order valence-electron chi connectivity index (χ1n) is 13.6. The Morgan fingerprint density at radius 2 is 0.935 bits per heavy atom. The zero-order valence-electron chi connectivity index (χ0n) is 22.0. The Morgan fingerprint density at radius 3 is 1.23 bits per heavy atom. The fourth-order valence-electron chi connectivity index (χ4n) is 5.83. The number of hydrogen-bond acceptors (Lipinski definition) is 4. The van der Waals surface area contributed by atoms with Crippen LogP contribution >= 0.6 is 0 Å². The largest absolute Gasteiger partial charge is 0.415 e. The first-order valence-corrected chi connectivity index (χ1v) is 22.4.